The zero-order valence-electron chi connectivity index (χ0n) is 13.5. The molecule has 0 unspecified atom stereocenters. The molecule has 0 fully saturated rings. The summed E-state index contributed by atoms with van der Waals surface area (Å²) in [6.07, 6.45) is 0. The minimum Gasteiger partial charge on any atom is -0.316 e. The average molecular weight is 376 g/mol. The molecule has 1 heterocycles. The SMILES string of the molecule is CNCc1ccc(-c2ccccc2F)c(-c2ccsc2S(N)(=O)=O)c1. The molecule has 0 atom stereocenters. The fourth-order valence-corrected chi connectivity index (χ4v) is 4.58. The highest BCUT2D eigenvalue weighted by Crippen LogP contribution is 2.39. The Balaban J connectivity index is 2.29. The quantitative estimate of drug-likeness (QED) is 0.715. The lowest BCUT2D eigenvalue weighted by Crippen LogP contribution is -2.11. The molecule has 1 aromatic heterocycles. The van der Waals surface area contributed by atoms with Crippen molar-refractivity contribution in [3.05, 3.63) is 65.3 Å². The molecule has 3 rings (SSSR count). The Kier molecular flexibility index (Phi) is 5.01. The molecule has 4 nitrogen and oxygen atoms in total. The van der Waals surface area contributed by atoms with Gasteiger partial charge in [0, 0.05) is 17.7 Å². The van der Waals surface area contributed by atoms with Gasteiger partial charge in [0.1, 0.15) is 10.0 Å². The van der Waals surface area contributed by atoms with E-state index in [1.165, 1.54) is 6.07 Å². The lowest BCUT2D eigenvalue weighted by molar-refractivity contribution is 0.600. The van der Waals surface area contributed by atoms with Gasteiger partial charge in [-0.1, -0.05) is 30.3 Å². The molecule has 7 heteroatoms. The van der Waals surface area contributed by atoms with Gasteiger partial charge in [-0.15, -0.1) is 11.3 Å². The summed E-state index contributed by atoms with van der Waals surface area (Å²) in [5.74, 6) is -0.363. The van der Waals surface area contributed by atoms with Crippen LogP contribution in [0.15, 0.2) is 58.1 Å². The maximum Gasteiger partial charge on any atom is 0.248 e. The first-order valence-electron chi connectivity index (χ1n) is 7.55. The number of benzene rings is 2. The Hall–Kier alpha value is -2.06. The Bertz CT molecular complexity index is 1010. The molecule has 3 N–H and O–H groups in total. The highest BCUT2D eigenvalue weighted by atomic mass is 32.2. The van der Waals surface area contributed by atoms with Crippen LogP contribution in [0.2, 0.25) is 0 Å². The standard InChI is InChI=1S/C18H17FN2O2S2/c1-21-11-12-6-7-13(14-4-2-3-5-17(14)19)16(10-12)15-8-9-24-18(15)25(20,22)23/h2-10,21H,11H2,1H3,(H2,20,22,23). The molecule has 3 aromatic rings. The maximum atomic E-state index is 14.3. The second-order valence-corrected chi connectivity index (χ2v) is 8.23. The molecule has 0 aliphatic rings. The van der Waals surface area contributed by atoms with E-state index in [1.807, 2.05) is 25.2 Å². The number of thiophene rings is 1. The van der Waals surface area contributed by atoms with Crippen molar-refractivity contribution in [3.63, 3.8) is 0 Å². The van der Waals surface area contributed by atoms with E-state index in [0.29, 0.717) is 28.8 Å². The maximum absolute atomic E-state index is 14.3. The van der Waals surface area contributed by atoms with E-state index in [0.717, 1.165) is 16.9 Å². The van der Waals surface area contributed by atoms with Crippen molar-refractivity contribution < 1.29 is 12.8 Å². The minimum atomic E-state index is -3.86. The molecule has 2 aromatic carbocycles. The number of nitrogens with two attached hydrogens (primary N) is 1. The van der Waals surface area contributed by atoms with E-state index >= 15 is 0 Å². The fourth-order valence-electron chi connectivity index (χ4n) is 2.76. The summed E-state index contributed by atoms with van der Waals surface area (Å²) in [5.41, 5.74) is 3.14. The molecule has 0 saturated carbocycles. The van der Waals surface area contributed by atoms with Crippen molar-refractivity contribution in [2.24, 2.45) is 5.14 Å². The predicted molar refractivity (Wildman–Crippen MR) is 99.3 cm³/mol. The van der Waals surface area contributed by atoms with E-state index in [4.69, 9.17) is 5.14 Å². The third kappa shape index (κ3) is 3.64. The van der Waals surface area contributed by atoms with Crippen LogP contribution < -0.4 is 10.5 Å². The highest BCUT2D eigenvalue weighted by Gasteiger charge is 2.20. The van der Waals surface area contributed by atoms with Crippen molar-refractivity contribution >= 4 is 21.4 Å². The molecule has 0 amide bonds. The lowest BCUT2D eigenvalue weighted by Gasteiger charge is -2.13. The van der Waals surface area contributed by atoms with Crippen molar-refractivity contribution in [3.8, 4) is 22.3 Å². The number of hydrogen-bond donors (Lipinski definition) is 2. The zero-order valence-corrected chi connectivity index (χ0v) is 15.1. The van der Waals surface area contributed by atoms with Gasteiger partial charge in [0.25, 0.3) is 0 Å². The molecule has 0 bridgehead atoms. The fraction of sp³-hybridized carbons (Fsp3) is 0.111. The van der Waals surface area contributed by atoms with E-state index in [2.05, 4.69) is 5.32 Å². The first-order valence-corrected chi connectivity index (χ1v) is 9.97. The number of sulfonamides is 1. The van der Waals surface area contributed by atoms with Gasteiger partial charge >= 0.3 is 0 Å². The Morgan fingerprint density at radius 1 is 1.04 bits per heavy atom. The van der Waals surface area contributed by atoms with Crippen molar-refractivity contribution in [2.75, 3.05) is 7.05 Å². The number of rotatable bonds is 5. The van der Waals surface area contributed by atoms with Gasteiger partial charge in [-0.3, -0.25) is 0 Å². The number of halogens is 1. The molecule has 0 radical (unpaired) electrons. The summed E-state index contributed by atoms with van der Waals surface area (Å²) in [6, 6.07) is 13.7. The smallest absolute Gasteiger partial charge is 0.248 e. The van der Waals surface area contributed by atoms with Crippen LogP contribution in [-0.2, 0) is 16.6 Å². The molecule has 0 aliphatic heterocycles. The number of hydrogen-bond acceptors (Lipinski definition) is 4. The van der Waals surface area contributed by atoms with Gasteiger partial charge in [-0.25, -0.2) is 17.9 Å². The summed E-state index contributed by atoms with van der Waals surface area (Å²) >= 11 is 1.06. The predicted octanol–water partition coefficient (Wildman–Crippen LogP) is 3.59. The van der Waals surface area contributed by atoms with Crippen LogP contribution >= 0.6 is 11.3 Å². The lowest BCUT2D eigenvalue weighted by atomic mass is 9.94. The molecule has 0 saturated heterocycles. The van der Waals surface area contributed by atoms with E-state index in [1.54, 1.807) is 29.6 Å². The van der Waals surface area contributed by atoms with E-state index in [-0.39, 0.29) is 10.0 Å². The summed E-state index contributed by atoms with van der Waals surface area (Å²) in [5, 5.41) is 10.1. The topological polar surface area (TPSA) is 72.2 Å². The van der Waals surface area contributed by atoms with Crippen LogP contribution in [0.5, 0.6) is 0 Å². The number of primary sulfonamides is 1. The molecule has 130 valence electrons. The van der Waals surface area contributed by atoms with E-state index in [9.17, 15) is 12.8 Å². The van der Waals surface area contributed by atoms with Crippen LogP contribution in [0.3, 0.4) is 0 Å². The third-order valence-electron chi connectivity index (χ3n) is 3.81. The third-order valence-corrected chi connectivity index (χ3v) is 6.24. The molecular formula is C18H17FN2O2S2. The van der Waals surface area contributed by atoms with Gasteiger partial charge in [0.15, 0.2) is 0 Å². The van der Waals surface area contributed by atoms with Crippen LogP contribution in [0.1, 0.15) is 5.56 Å². The minimum absolute atomic E-state index is 0.0756. The Labute approximate surface area is 150 Å². The van der Waals surface area contributed by atoms with Gasteiger partial charge in [-0.05, 0) is 47.3 Å². The van der Waals surface area contributed by atoms with Crippen LogP contribution in [0, 0.1) is 5.82 Å². The van der Waals surface area contributed by atoms with Gasteiger partial charge < -0.3 is 5.32 Å². The van der Waals surface area contributed by atoms with Crippen LogP contribution in [-0.4, -0.2) is 15.5 Å². The zero-order chi connectivity index (χ0) is 18.0. The molecule has 0 spiro atoms. The highest BCUT2D eigenvalue weighted by molar-refractivity contribution is 7.91. The first-order chi connectivity index (χ1) is 11.9. The Morgan fingerprint density at radius 2 is 1.80 bits per heavy atom. The van der Waals surface area contributed by atoms with Crippen LogP contribution in [0.25, 0.3) is 22.3 Å². The monoisotopic (exact) mass is 376 g/mol. The van der Waals surface area contributed by atoms with Gasteiger partial charge in [-0.2, -0.15) is 0 Å². The van der Waals surface area contributed by atoms with Crippen molar-refractivity contribution in [1.82, 2.24) is 5.32 Å². The Morgan fingerprint density at radius 3 is 2.48 bits per heavy atom. The summed E-state index contributed by atoms with van der Waals surface area (Å²) in [7, 11) is -2.04. The van der Waals surface area contributed by atoms with Gasteiger partial charge in [0.05, 0.1) is 0 Å². The first kappa shape index (κ1) is 17.8. The molecule has 0 aliphatic carbocycles. The number of nitrogens with one attached hydrogen (secondary N) is 1. The molecular weight excluding hydrogens is 359 g/mol. The summed E-state index contributed by atoms with van der Waals surface area (Å²) in [6.45, 7) is 0.611. The van der Waals surface area contributed by atoms with Crippen LogP contribution in [0.4, 0.5) is 4.39 Å². The largest absolute Gasteiger partial charge is 0.316 e. The van der Waals surface area contributed by atoms with E-state index < -0.39 is 10.0 Å². The summed E-state index contributed by atoms with van der Waals surface area (Å²) in [4.78, 5) is 0. The molecule has 25 heavy (non-hydrogen) atoms. The second kappa shape index (κ2) is 7.05. The normalized spacial score (nSPS) is 11.6. The summed E-state index contributed by atoms with van der Waals surface area (Å²) < 4.78 is 38.2. The van der Waals surface area contributed by atoms with Gasteiger partial charge in [0.2, 0.25) is 10.0 Å². The van der Waals surface area contributed by atoms with Crippen molar-refractivity contribution in [1.29, 1.82) is 0 Å². The van der Waals surface area contributed by atoms with Crippen molar-refractivity contribution in [2.45, 2.75) is 10.8 Å². The second-order valence-electron chi connectivity index (χ2n) is 5.56. The average Bonchev–Trinajstić information content (AvgIpc) is 3.06.